The first kappa shape index (κ1) is 10.4. The predicted octanol–water partition coefficient (Wildman–Crippen LogP) is 0.220. The molecule has 1 rings (SSSR count). The summed E-state index contributed by atoms with van der Waals surface area (Å²) < 4.78 is 23.9. The van der Waals surface area contributed by atoms with Crippen molar-refractivity contribution in [3.05, 3.63) is 0 Å². The lowest BCUT2D eigenvalue weighted by atomic mass is 10.5. The Balaban J connectivity index is 2.34. The van der Waals surface area contributed by atoms with Crippen LogP contribution in [0.1, 0.15) is 0 Å². The Morgan fingerprint density at radius 1 is 1.75 bits per heavy atom. The summed E-state index contributed by atoms with van der Waals surface area (Å²) >= 11 is 4.70. The summed E-state index contributed by atoms with van der Waals surface area (Å²) in [6.07, 6.45) is -0.784. The third-order valence-electron chi connectivity index (χ3n) is 1.23. The molecule has 1 heterocycles. The monoisotopic (exact) mass is 217 g/mol. The molecule has 0 spiro atoms. The van der Waals surface area contributed by atoms with E-state index in [2.05, 4.69) is 13.9 Å². The van der Waals surface area contributed by atoms with E-state index in [9.17, 15) is 4.57 Å². The first-order chi connectivity index (χ1) is 5.64. The van der Waals surface area contributed by atoms with Gasteiger partial charge in [0.15, 0.2) is 6.29 Å². The van der Waals surface area contributed by atoms with E-state index in [-0.39, 0.29) is 0 Å². The first-order valence-corrected chi connectivity index (χ1v) is 5.08. The molecule has 0 radical (unpaired) electrons. The molecule has 8 heteroatoms. The van der Waals surface area contributed by atoms with Gasteiger partial charge in [-0.25, -0.2) is 4.57 Å². The largest absolute Gasteiger partial charge is 0.491 e. The van der Waals surface area contributed by atoms with Crippen LogP contribution in [0, 0.1) is 0 Å². The van der Waals surface area contributed by atoms with Crippen molar-refractivity contribution in [2.24, 2.45) is 0 Å². The van der Waals surface area contributed by atoms with Crippen LogP contribution in [-0.4, -0.2) is 30.9 Å². The Labute approximate surface area is 74.5 Å². The average molecular weight is 218 g/mol. The minimum atomic E-state index is -4.14. The maximum Gasteiger partial charge on any atom is 0.491 e. The molecule has 0 aromatic carbocycles. The van der Waals surface area contributed by atoms with Gasteiger partial charge >= 0.3 is 7.82 Å². The van der Waals surface area contributed by atoms with E-state index in [1.165, 1.54) is 0 Å². The van der Waals surface area contributed by atoms with Crippen LogP contribution >= 0.6 is 19.7 Å². The van der Waals surface area contributed by atoms with Crippen molar-refractivity contribution in [3.63, 3.8) is 0 Å². The second kappa shape index (κ2) is 4.53. The fraction of sp³-hybridized carbons (Fsp3) is 1.00. The Morgan fingerprint density at radius 2 is 2.50 bits per heavy atom. The van der Waals surface area contributed by atoms with Crippen molar-refractivity contribution in [1.82, 2.24) is 5.32 Å². The van der Waals surface area contributed by atoms with Crippen LogP contribution in [0.3, 0.4) is 0 Å². The lowest BCUT2D eigenvalue weighted by Crippen LogP contribution is -2.39. The smallest absolute Gasteiger partial charge is 0.349 e. The molecule has 12 heavy (non-hydrogen) atoms. The molecule has 72 valence electrons. The van der Waals surface area contributed by atoms with Crippen LogP contribution in [0.4, 0.5) is 0 Å². The second-order valence-corrected chi connectivity index (χ2v) is 3.85. The molecule has 0 saturated carbocycles. The highest BCUT2D eigenvalue weighted by atomic mass is 35.5. The van der Waals surface area contributed by atoms with Crippen molar-refractivity contribution in [1.29, 1.82) is 0 Å². The van der Waals surface area contributed by atoms with Gasteiger partial charge in [0.25, 0.3) is 0 Å². The number of morpholine rings is 1. The van der Waals surface area contributed by atoms with E-state index in [0.29, 0.717) is 19.7 Å². The molecule has 0 amide bonds. The number of phosphoric ester groups is 1. The lowest BCUT2D eigenvalue weighted by molar-refractivity contribution is -0.104. The van der Waals surface area contributed by atoms with Gasteiger partial charge in [0, 0.05) is 13.1 Å². The minimum absolute atomic E-state index is 0.338. The van der Waals surface area contributed by atoms with Crippen LogP contribution in [0.5, 0.6) is 0 Å². The van der Waals surface area contributed by atoms with Gasteiger partial charge in [-0.05, 0) is 0 Å². The average Bonchev–Trinajstić information content (AvgIpc) is 2.06. The van der Waals surface area contributed by atoms with E-state index < -0.39 is 14.1 Å². The summed E-state index contributed by atoms with van der Waals surface area (Å²) in [6.45, 7) is 1.45. The van der Waals surface area contributed by atoms with Gasteiger partial charge in [-0.15, -0.1) is 0 Å². The van der Waals surface area contributed by atoms with Gasteiger partial charge < -0.3 is 14.9 Å². The maximum atomic E-state index is 10.7. The summed E-state index contributed by atoms with van der Waals surface area (Å²) in [5.74, 6) is 0. The Hall–Kier alpha value is 0.320. The van der Waals surface area contributed by atoms with Gasteiger partial charge in [0.2, 0.25) is 0 Å². The summed E-state index contributed by atoms with van der Waals surface area (Å²) in [4.78, 5) is 8.75. The van der Waals surface area contributed by atoms with Gasteiger partial charge in [-0.3, -0.25) is 4.52 Å². The second-order valence-electron chi connectivity index (χ2n) is 2.15. The summed E-state index contributed by atoms with van der Waals surface area (Å²) in [7, 11) is -4.14. The molecule has 0 aromatic rings. The topological polar surface area (TPSA) is 77.0 Å². The third-order valence-corrected chi connectivity index (χ3v) is 2.43. The van der Waals surface area contributed by atoms with E-state index in [1.54, 1.807) is 0 Å². The molecule has 1 aliphatic rings. The molecule has 6 nitrogen and oxygen atoms in total. The van der Waals surface area contributed by atoms with Gasteiger partial charge in [0.1, 0.15) is 0 Å². The quantitative estimate of drug-likeness (QED) is 0.659. The molecule has 1 fully saturated rings. The van der Waals surface area contributed by atoms with E-state index in [1.807, 2.05) is 0 Å². The lowest BCUT2D eigenvalue weighted by Gasteiger charge is -2.23. The van der Waals surface area contributed by atoms with Crippen molar-refractivity contribution in [3.8, 4) is 0 Å². The fourth-order valence-corrected chi connectivity index (χ4v) is 1.34. The normalized spacial score (nSPS) is 29.7. The molecule has 0 aliphatic carbocycles. The Morgan fingerprint density at radius 3 is 3.00 bits per heavy atom. The molecule has 1 saturated heterocycles. The number of nitrogens with one attached hydrogen (secondary N) is 1. The summed E-state index contributed by atoms with van der Waals surface area (Å²) in [5.41, 5.74) is 0. The Kier molecular flexibility index (Phi) is 3.92. The van der Waals surface area contributed by atoms with Crippen molar-refractivity contribution in [2.75, 3.05) is 19.7 Å². The highest BCUT2D eigenvalue weighted by Gasteiger charge is 2.28. The molecular weight excluding hydrogens is 208 g/mol. The van der Waals surface area contributed by atoms with E-state index >= 15 is 0 Å². The molecule has 2 N–H and O–H groups in total. The standard InChI is InChI=1S/C4H9ClNO5P/c5-11-12(7,8)10-4-3-6-1-2-9-4/h4,6H,1-3H2,(H,7,8). The molecule has 2 unspecified atom stereocenters. The number of halogens is 1. The molecule has 2 atom stereocenters. The highest BCUT2D eigenvalue weighted by molar-refractivity contribution is 7.48. The first-order valence-electron chi connectivity index (χ1n) is 3.28. The predicted molar refractivity (Wildman–Crippen MR) is 40.5 cm³/mol. The molecular formula is C4H9ClNO5P. The van der Waals surface area contributed by atoms with E-state index in [4.69, 9.17) is 21.5 Å². The van der Waals surface area contributed by atoms with Crippen molar-refractivity contribution < 1.29 is 22.8 Å². The number of hydrogen-bond acceptors (Lipinski definition) is 5. The van der Waals surface area contributed by atoms with Crippen LogP contribution in [0.2, 0.25) is 0 Å². The number of rotatable bonds is 3. The maximum absolute atomic E-state index is 10.7. The van der Waals surface area contributed by atoms with E-state index in [0.717, 1.165) is 0 Å². The van der Waals surface area contributed by atoms with Crippen molar-refractivity contribution >= 4 is 19.7 Å². The zero-order valence-corrected chi connectivity index (χ0v) is 7.75. The number of hydrogen-bond donors (Lipinski definition) is 2. The molecule has 0 bridgehead atoms. The molecule has 1 aliphatic heterocycles. The summed E-state index contributed by atoms with van der Waals surface area (Å²) in [6, 6.07) is 0. The highest BCUT2D eigenvalue weighted by Crippen LogP contribution is 2.45. The van der Waals surface area contributed by atoms with Crippen LogP contribution < -0.4 is 5.32 Å². The third kappa shape index (κ3) is 3.37. The van der Waals surface area contributed by atoms with Crippen LogP contribution in [-0.2, 0) is 17.9 Å². The Bertz CT molecular complexity index is 184. The SMILES string of the molecule is O=P(O)(OCl)OC1CNCCO1. The fourth-order valence-electron chi connectivity index (χ4n) is 0.774. The van der Waals surface area contributed by atoms with Gasteiger partial charge in [0.05, 0.1) is 18.5 Å². The number of ether oxygens (including phenoxy) is 1. The summed E-state index contributed by atoms with van der Waals surface area (Å²) in [5, 5.41) is 2.90. The zero-order valence-electron chi connectivity index (χ0n) is 6.10. The van der Waals surface area contributed by atoms with Crippen molar-refractivity contribution in [2.45, 2.75) is 6.29 Å². The number of phosphoric acid groups is 1. The van der Waals surface area contributed by atoms with Gasteiger partial charge in [-0.1, -0.05) is 0 Å². The molecule has 0 aromatic heterocycles. The van der Waals surface area contributed by atoms with Gasteiger partial charge in [-0.2, -0.15) is 4.08 Å². The van der Waals surface area contributed by atoms with Crippen LogP contribution in [0.15, 0.2) is 0 Å². The van der Waals surface area contributed by atoms with Crippen LogP contribution in [0.25, 0.3) is 0 Å². The minimum Gasteiger partial charge on any atom is -0.349 e. The zero-order chi connectivity index (χ0) is 9.03.